The Bertz CT molecular complexity index is 1810. The van der Waals surface area contributed by atoms with Gasteiger partial charge in [0.2, 0.25) is 0 Å². The number of alkyl carbamates (subject to hydrolysis) is 1. The Morgan fingerprint density at radius 3 is 2.62 bits per heavy atom. The summed E-state index contributed by atoms with van der Waals surface area (Å²) in [6.07, 6.45) is 5.68. The lowest BCUT2D eigenvalue weighted by Gasteiger charge is -2.37. The third-order valence-electron chi connectivity index (χ3n) is 7.09. The second-order valence-electron chi connectivity index (χ2n) is 11.6. The van der Waals surface area contributed by atoms with Crippen LogP contribution in [0.2, 0.25) is 0 Å². The monoisotopic (exact) mass is 569 g/mol. The van der Waals surface area contributed by atoms with Crippen LogP contribution < -0.4 is 15.4 Å². The van der Waals surface area contributed by atoms with Gasteiger partial charge in [0.05, 0.1) is 33.8 Å². The lowest BCUT2D eigenvalue weighted by atomic mass is 9.89. The summed E-state index contributed by atoms with van der Waals surface area (Å²) >= 11 is 0. The van der Waals surface area contributed by atoms with E-state index in [1.54, 1.807) is 29.1 Å². The van der Waals surface area contributed by atoms with Gasteiger partial charge in [0, 0.05) is 30.4 Å². The average molecular weight is 570 g/mol. The van der Waals surface area contributed by atoms with Gasteiger partial charge in [0.1, 0.15) is 29.6 Å². The summed E-state index contributed by atoms with van der Waals surface area (Å²) < 4.78 is 29.4. The number of hydrogen-bond donors (Lipinski definition) is 2. The number of fused-ring (bicyclic) bond motifs is 2. The number of aryl methyl sites for hydroxylation is 2. The van der Waals surface area contributed by atoms with Crippen LogP contribution in [0.3, 0.4) is 0 Å². The standard InChI is InChI=1S/C31H32FN7O3/c1-17-12-19-21(33-15-17)6-7-23(28(19)32)36-29-27-24(34-16-35-29)13-18(20-10-11-39(5)38-20)14-26(27)41-25-9-8-22(25)37-30(40)42-31(2,3)4/h6-7,10-16,22,25H,8-9H2,1-5H3,(H,37,40)(H,34,35,36). The van der Waals surface area contributed by atoms with Gasteiger partial charge < -0.3 is 20.1 Å². The highest BCUT2D eigenvalue weighted by Gasteiger charge is 2.36. The number of halogens is 1. The highest BCUT2D eigenvalue weighted by Crippen LogP contribution is 2.39. The first-order valence-corrected chi connectivity index (χ1v) is 13.8. The number of aromatic nitrogens is 5. The fourth-order valence-electron chi connectivity index (χ4n) is 4.95. The van der Waals surface area contributed by atoms with Gasteiger partial charge in [-0.1, -0.05) is 0 Å². The molecule has 0 bridgehead atoms. The molecule has 11 heteroatoms. The van der Waals surface area contributed by atoms with Gasteiger partial charge in [-0.05, 0) is 82.5 Å². The maximum Gasteiger partial charge on any atom is 0.408 e. The highest BCUT2D eigenvalue weighted by molar-refractivity contribution is 5.99. The van der Waals surface area contributed by atoms with Crippen LogP contribution in [0.15, 0.2) is 55.1 Å². The number of benzene rings is 2. The molecule has 3 heterocycles. The number of hydrogen-bond acceptors (Lipinski definition) is 8. The molecule has 10 nitrogen and oxygen atoms in total. The van der Waals surface area contributed by atoms with Gasteiger partial charge in [-0.2, -0.15) is 5.10 Å². The molecule has 1 fully saturated rings. The second-order valence-corrected chi connectivity index (χ2v) is 11.6. The fourth-order valence-corrected chi connectivity index (χ4v) is 4.95. The maximum absolute atomic E-state index is 15.6. The summed E-state index contributed by atoms with van der Waals surface area (Å²) in [5.74, 6) is 0.455. The summed E-state index contributed by atoms with van der Waals surface area (Å²) in [4.78, 5) is 25.8. The zero-order valence-electron chi connectivity index (χ0n) is 24.1. The number of ether oxygens (including phenoxy) is 2. The van der Waals surface area contributed by atoms with E-state index in [-0.39, 0.29) is 17.8 Å². The highest BCUT2D eigenvalue weighted by atomic mass is 19.1. The van der Waals surface area contributed by atoms with E-state index in [0.717, 1.165) is 29.7 Å². The van der Waals surface area contributed by atoms with Gasteiger partial charge >= 0.3 is 6.09 Å². The second kappa shape index (κ2) is 10.6. The number of anilines is 2. The molecule has 0 spiro atoms. The van der Waals surface area contributed by atoms with Crippen molar-refractivity contribution >= 4 is 39.4 Å². The molecule has 2 unspecified atom stereocenters. The molecule has 5 aromatic rings. The molecule has 2 atom stereocenters. The maximum atomic E-state index is 15.6. The van der Waals surface area contributed by atoms with Crippen LogP contribution in [-0.4, -0.2) is 48.6 Å². The number of nitrogens with one attached hydrogen (secondary N) is 2. The lowest BCUT2D eigenvalue weighted by molar-refractivity contribution is 0.0297. The van der Waals surface area contributed by atoms with Crippen molar-refractivity contribution in [2.75, 3.05) is 5.32 Å². The number of nitrogens with zero attached hydrogens (tertiary/aromatic N) is 5. The van der Waals surface area contributed by atoms with E-state index in [9.17, 15) is 4.79 Å². The molecule has 1 aliphatic carbocycles. The Labute approximate surface area is 242 Å². The van der Waals surface area contributed by atoms with Crippen molar-refractivity contribution in [1.82, 2.24) is 30.0 Å². The van der Waals surface area contributed by atoms with E-state index in [2.05, 4.69) is 30.7 Å². The smallest absolute Gasteiger partial charge is 0.408 e. The molecule has 42 heavy (non-hydrogen) atoms. The first kappa shape index (κ1) is 27.4. The topological polar surface area (TPSA) is 116 Å². The summed E-state index contributed by atoms with van der Waals surface area (Å²) in [6, 6.07) is 10.6. The van der Waals surface area contributed by atoms with Crippen LogP contribution in [0.25, 0.3) is 33.1 Å². The first-order valence-electron chi connectivity index (χ1n) is 13.8. The molecule has 0 aliphatic heterocycles. The van der Waals surface area contributed by atoms with E-state index < -0.39 is 17.5 Å². The summed E-state index contributed by atoms with van der Waals surface area (Å²) in [6.45, 7) is 7.33. The average Bonchev–Trinajstić information content (AvgIpc) is 3.36. The van der Waals surface area contributed by atoms with Crippen LogP contribution in [0.4, 0.5) is 20.7 Å². The van der Waals surface area contributed by atoms with E-state index in [1.807, 2.05) is 59.1 Å². The van der Waals surface area contributed by atoms with Crippen LogP contribution in [0, 0.1) is 12.7 Å². The molecule has 2 aromatic carbocycles. The quantitative estimate of drug-likeness (QED) is 0.248. The zero-order chi connectivity index (χ0) is 29.6. The molecule has 1 amide bonds. The molecule has 1 saturated carbocycles. The van der Waals surface area contributed by atoms with E-state index in [4.69, 9.17) is 9.47 Å². The molecule has 216 valence electrons. The predicted molar refractivity (Wildman–Crippen MR) is 158 cm³/mol. The number of pyridine rings is 1. The molecule has 6 rings (SSSR count). The summed E-state index contributed by atoms with van der Waals surface area (Å²) in [5, 5.41) is 11.6. The molecule has 1 aliphatic rings. The largest absolute Gasteiger partial charge is 0.487 e. The van der Waals surface area contributed by atoms with Crippen LogP contribution in [0.1, 0.15) is 39.2 Å². The fraction of sp³-hybridized carbons (Fsp3) is 0.323. The molecule has 0 radical (unpaired) electrons. The van der Waals surface area contributed by atoms with Crippen molar-refractivity contribution in [3.63, 3.8) is 0 Å². The van der Waals surface area contributed by atoms with Crippen molar-refractivity contribution in [2.24, 2.45) is 7.05 Å². The van der Waals surface area contributed by atoms with Crippen LogP contribution >= 0.6 is 0 Å². The van der Waals surface area contributed by atoms with Crippen molar-refractivity contribution < 1.29 is 18.7 Å². The normalized spacial score (nSPS) is 16.7. The summed E-state index contributed by atoms with van der Waals surface area (Å²) in [5.41, 5.74) is 3.22. The van der Waals surface area contributed by atoms with Crippen LogP contribution in [-0.2, 0) is 11.8 Å². The Balaban J connectivity index is 1.39. The predicted octanol–water partition coefficient (Wildman–Crippen LogP) is 6.20. The van der Waals surface area contributed by atoms with Crippen molar-refractivity contribution in [2.45, 2.75) is 58.3 Å². The van der Waals surface area contributed by atoms with Gasteiger partial charge in [-0.15, -0.1) is 0 Å². The zero-order valence-corrected chi connectivity index (χ0v) is 24.1. The lowest BCUT2D eigenvalue weighted by Crippen LogP contribution is -2.53. The third-order valence-corrected chi connectivity index (χ3v) is 7.09. The van der Waals surface area contributed by atoms with E-state index in [0.29, 0.717) is 33.4 Å². The van der Waals surface area contributed by atoms with Gasteiger partial charge in [0.25, 0.3) is 0 Å². The van der Waals surface area contributed by atoms with E-state index >= 15 is 4.39 Å². The number of amides is 1. The van der Waals surface area contributed by atoms with Gasteiger partial charge in [0.15, 0.2) is 5.82 Å². The van der Waals surface area contributed by atoms with Crippen molar-refractivity contribution in [3.8, 4) is 17.0 Å². The molecule has 2 N–H and O–H groups in total. The molecular formula is C31H32FN7O3. The van der Waals surface area contributed by atoms with Crippen molar-refractivity contribution in [3.05, 3.63) is 66.5 Å². The Morgan fingerprint density at radius 2 is 1.90 bits per heavy atom. The SMILES string of the molecule is Cc1cnc2ccc(Nc3ncnc4cc(-c5ccn(C)n5)cc(OC5CCC5NC(=O)OC(C)(C)C)c34)c(F)c2c1. The number of rotatable bonds is 6. The first-order chi connectivity index (χ1) is 20.0. The van der Waals surface area contributed by atoms with Gasteiger partial charge in [-0.25, -0.2) is 19.2 Å². The van der Waals surface area contributed by atoms with Gasteiger partial charge in [-0.3, -0.25) is 9.67 Å². The third kappa shape index (κ3) is 5.54. The Kier molecular flexibility index (Phi) is 6.88. The van der Waals surface area contributed by atoms with Crippen LogP contribution in [0.5, 0.6) is 5.75 Å². The number of carbonyl (C=O) groups excluding carboxylic acids is 1. The summed E-state index contributed by atoms with van der Waals surface area (Å²) in [7, 11) is 1.85. The minimum Gasteiger partial charge on any atom is -0.487 e. The van der Waals surface area contributed by atoms with Crippen molar-refractivity contribution in [1.29, 1.82) is 0 Å². The molecule has 3 aromatic heterocycles. The van der Waals surface area contributed by atoms with E-state index in [1.165, 1.54) is 6.33 Å². The number of carbonyl (C=O) groups is 1. The minimum absolute atomic E-state index is 0.233. The Morgan fingerprint density at radius 1 is 1.07 bits per heavy atom. The molecule has 0 saturated heterocycles. The Hall–Kier alpha value is -4.80. The molecular weight excluding hydrogens is 537 g/mol. The minimum atomic E-state index is -0.609.